The predicted octanol–water partition coefficient (Wildman–Crippen LogP) is 6.36. The highest BCUT2D eigenvalue weighted by atomic mass is 35.5. The van der Waals surface area contributed by atoms with Crippen LogP contribution >= 0.6 is 23.2 Å². The fourth-order valence-electron chi connectivity index (χ4n) is 5.19. The molecule has 0 saturated heterocycles. The fourth-order valence-corrected chi connectivity index (χ4v) is 7.12. The summed E-state index contributed by atoms with van der Waals surface area (Å²) in [6, 6.07) is 19.2. The van der Waals surface area contributed by atoms with E-state index in [2.05, 4.69) is 5.32 Å². The Kier molecular flexibility index (Phi) is 10.3. The van der Waals surface area contributed by atoms with E-state index in [4.69, 9.17) is 23.2 Å². The van der Waals surface area contributed by atoms with Crippen LogP contribution in [0.4, 0.5) is 5.69 Å². The first-order valence-corrected chi connectivity index (χ1v) is 16.0. The monoisotopic (exact) mass is 615 g/mol. The molecule has 4 rings (SSSR count). The number of carbonyl (C=O) groups excluding carboxylic acids is 2. The highest BCUT2D eigenvalue weighted by molar-refractivity contribution is 7.92. The molecule has 7 nitrogen and oxygen atoms in total. The van der Waals surface area contributed by atoms with E-state index in [1.54, 1.807) is 18.2 Å². The van der Waals surface area contributed by atoms with Gasteiger partial charge in [-0.1, -0.05) is 85.4 Å². The van der Waals surface area contributed by atoms with E-state index in [0.29, 0.717) is 6.42 Å². The number of carbonyl (C=O) groups is 2. The second kappa shape index (κ2) is 13.7. The topological polar surface area (TPSA) is 86.8 Å². The van der Waals surface area contributed by atoms with Crippen LogP contribution < -0.4 is 9.62 Å². The summed E-state index contributed by atoms with van der Waals surface area (Å²) in [7, 11) is -4.20. The Hall–Kier alpha value is -3.07. The normalized spacial score (nSPS) is 14.4. The van der Waals surface area contributed by atoms with Crippen LogP contribution in [0.25, 0.3) is 0 Å². The number of hydrogen-bond acceptors (Lipinski definition) is 4. The molecule has 0 radical (unpaired) electrons. The number of halogens is 2. The van der Waals surface area contributed by atoms with Gasteiger partial charge in [0.05, 0.1) is 10.6 Å². The largest absolute Gasteiger partial charge is 0.352 e. The minimum Gasteiger partial charge on any atom is -0.352 e. The molecular weight excluding hydrogens is 581 g/mol. The van der Waals surface area contributed by atoms with E-state index in [0.717, 1.165) is 41.1 Å². The second-order valence-corrected chi connectivity index (χ2v) is 13.0. The van der Waals surface area contributed by atoms with Gasteiger partial charge in [0.15, 0.2) is 0 Å². The van der Waals surface area contributed by atoms with E-state index >= 15 is 0 Å². The summed E-state index contributed by atoms with van der Waals surface area (Å²) < 4.78 is 28.8. The molecule has 10 heteroatoms. The molecule has 1 fully saturated rings. The average Bonchev–Trinajstić information content (AvgIpc) is 3.45. The Balaban J connectivity index is 1.74. The summed E-state index contributed by atoms with van der Waals surface area (Å²) in [5.41, 5.74) is 1.99. The van der Waals surface area contributed by atoms with E-state index < -0.39 is 28.5 Å². The number of benzene rings is 3. The highest BCUT2D eigenvalue weighted by Crippen LogP contribution is 2.30. The molecule has 0 heterocycles. The van der Waals surface area contributed by atoms with Gasteiger partial charge in [-0.25, -0.2) is 8.42 Å². The minimum atomic E-state index is -4.20. The fraction of sp³-hybridized carbons (Fsp3) is 0.355. The van der Waals surface area contributed by atoms with E-state index in [-0.39, 0.29) is 39.1 Å². The van der Waals surface area contributed by atoms with E-state index in [1.807, 2.05) is 38.1 Å². The Morgan fingerprint density at radius 2 is 1.56 bits per heavy atom. The zero-order chi connectivity index (χ0) is 29.6. The van der Waals surface area contributed by atoms with Gasteiger partial charge >= 0.3 is 0 Å². The number of aryl methyl sites for hydroxylation is 1. The van der Waals surface area contributed by atoms with Crippen LogP contribution in [0, 0.1) is 6.92 Å². The first kappa shape index (κ1) is 30.9. The van der Waals surface area contributed by atoms with Crippen molar-refractivity contribution in [3.8, 4) is 0 Å². The summed E-state index contributed by atoms with van der Waals surface area (Å²) in [6.07, 6.45) is 4.30. The van der Waals surface area contributed by atoms with E-state index in [1.165, 1.54) is 35.2 Å². The van der Waals surface area contributed by atoms with Gasteiger partial charge in [-0.2, -0.15) is 0 Å². The van der Waals surface area contributed by atoms with Crippen molar-refractivity contribution in [2.45, 2.75) is 69.5 Å². The second-order valence-electron chi connectivity index (χ2n) is 10.3. The number of rotatable bonds is 11. The number of nitrogens with one attached hydrogen (secondary N) is 1. The predicted molar refractivity (Wildman–Crippen MR) is 164 cm³/mol. The van der Waals surface area contributed by atoms with Gasteiger partial charge in [0.25, 0.3) is 10.0 Å². The van der Waals surface area contributed by atoms with Crippen LogP contribution in [0.5, 0.6) is 0 Å². The van der Waals surface area contributed by atoms with Crippen molar-refractivity contribution in [2.24, 2.45) is 0 Å². The Labute approximate surface area is 252 Å². The maximum Gasteiger partial charge on any atom is 0.264 e. The molecule has 2 amide bonds. The van der Waals surface area contributed by atoms with Crippen LogP contribution in [0.15, 0.2) is 77.7 Å². The van der Waals surface area contributed by atoms with Gasteiger partial charge in [0, 0.05) is 22.6 Å². The third-order valence-corrected chi connectivity index (χ3v) is 9.66. The van der Waals surface area contributed by atoms with Crippen molar-refractivity contribution < 1.29 is 18.0 Å². The number of nitrogens with zero attached hydrogens (tertiary/aromatic N) is 2. The zero-order valence-electron chi connectivity index (χ0n) is 23.2. The van der Waals surface area contributed by atoms with Gasteiger partial charge in [-0.05, 0) is 67.6 Å². The first-order chi connectivity index (χ1) is 19.6. The van der Waals surface area contributed by atoms with Crippen LogP contribution in [0.1, 0.15) is 50.2 Å². The van der Waals surface area contributed by atoms with Crippen LogP contribution in [0.2, 0.25) is 10.0 Å². The molecule has 0 unspecified atom stereocenters. The molecule has 0 bridgehead atoms. The summed E-state index contributed by atoms with van der Waals surface area (Å²) in [6.45, 7) is 3.40. The number of hydrogen-bond donors (Lipinski definition) is 1. The van der Waals surface area contributed by atoms with Crippen molar-refractivity contribution in [1.29, 1.82) is 0 Å². The molecule has 218 valence electrons. The first-order valence-electron chi connectivity index (χ1n) is 13.8. The molecule has 1 saturated carbocycles. The molecular formula is C31H35Cl2N3O4S. The Morgan fingerprint density at radius 1 is 0.951 bits per heavy atom. The maximum atomic E-state index is 14.2. The van der Waals surface area contributed by atoms with Gasteiger partial charge in [-0.3, -0.25) is 13.9 Å². The summed E-state index contributed by atoms with van der Waals surface area (Å²) >= 11 is 12.5. The van der Waals surface area contributed by atoms with Gasteiger partial charge < -0.3 is 10.2 Å². The summed E-state index contributed by atoms with van der Waals surface area (Å²) in [5.74, 6) is -0.748. The van der Waals surface area contributed by atoms with Crippen molar-refractivity contribution in [3.63, 3.8) is 0 Å². The zero-order valence-corrected chi connectivity index (χ0v) is 25.6. The minimum absolute atomic E-state index is 0.0142. The highest BCUT2D eigenvalue weighted by Gasteiger charge is 2.35. The lowest BCUT2D eigenvalue weighted by Crippen LogP contribution is -2.53. The molecule has 3 aromatic carbocycles. The molecule has 1 atom stereocenters. The molecule has 1 aliphatic carbocycles. The van der Waals surface area contributed by atoms with Crippen molar-refractivity contribution in [2.75, 3.05) is 10.8 Å². The lowest BCUT2D eigenvalue weighted by Gasteiger charge is -2.34. The third-order valence-electron chi connectivity index (χ3n) is 7.43. The quantitative estimate of drug-likeness (QED) is 0.272. The molecule has 0 aliphatic heterocycles. The van der Waals surface area contributed by atoms with Crippen molar-refractivity contribution >= 4 is 50.7 Å². The van der Waals surface area contributed by atoms with E-state index in [9.17, 15) is 18.0 Å². The maximum absolute atomic E-state index is 14.2. The molecule has 41 heavy (non-hydrogen) atoms. The molecule has 1 N–H and O–H groups in total. The SMILES string of the molecule is CC[C@@H](C(=O)NC1CCCC1)N(Cc1ccccc1C)C(=O)CN(c1cc(Cl)cc(Cl)c1)S(=O)(=O)c1ccccc1. The number of anilines is 1. The lowest BCUT2D eigenvalue weighted by molar-refractivity contribution is -0.140. The molecule has 0 aromatic heterocycles. The van der Waals surface area contributed by atoms with Gasteiger partial charge in [0.1, 0.15) is 12.6 Å². The third kappa shape index (κ3) is 7.61. The summed E-state index contributed by atoms with van der Waals surface area (Å²) in [4.78, 5) is 29.3. The number of sulfonamides is 1. The van der Waals surface area contributed by atoms with Crippen LogP contribution in [0.3, 0.4) is 0 Å². The summed E-state index contributed by atoms with van der Waals surface area (Å²) in [5, 5.41) is 3.58. The van der Waals surface area contributed by atoms with Gasteiger partial charge in [0.2, 0.25) is 11.8 Å². The lowest BCUT2D eigenvalue weighted by atomic mass is 10.1. The van der Waals surface area contributed by atoms with Gasteiger partial charge in [-0.15, -0.1) is 0 Å². The smallest absolute Gasteiger partial charge is 0.264 e. The average molecular weight is 617 g/mol. The number of amides is 2. The Bertz CT molecular complexity index is 1460. The van der Waals surface area contributed by atoms with Crippen molar-refractivity contribution in [3.05, 3.63) is 94.0 Å². The standard InChI is InChI=1S/C31H35Cl2N3O4S/c1-3-29(31(38)34-26-13-9-10-14-26)35(20-23-12-8-7-11-22(23)2)30(37)21-36(27-18-24(32)17-25(33)19-27)41(39,40)28-15-5-4-6-16-28/h4-8,11-12,15-19,26,29H,3,9-10,13-14,20-21H2,1-2H3,(H,34,38)/t29-/m0/s1. The molecule has 1 aliphatic rings. The molecule has 0 spiro atoms. The van der Waals surface area contributed by atoms with Crippen molar-refractivity contribution in [1.82, 2.24) is 10.2 Å². The molecule has 3 aromatic rings. The Morgan fingerprint density at radius 3 is 2.17 bits per heavy atom. The van der Waals surface area contributed by atoms with Crippen LogP contribution in [-0.2, 0) is 26.2 Å². The van der Waals surface area contributed by atoms with Crippen LogP contribution in [-0.4, -0.2) is 43.8 Å².